The first-order valence-corrected chi connectivity index (χ1v) is 6.08. The largest absolute Gasteiger partial charge is 0.377 e. The summed E-state index contributed by atoms with van der Waals surface area (Å²) < 4.78 is 7.80. The van der Waals surface area contributed by atoms with Crippen molar-refractivity contribution in [3.8, 4) is 0 Å². The van der Waals surface area contributed by atoms with Crippen LogP contribution >= 0.6 is 0 Å². The molecule has 0 saturated carbocycles. The fourth-order valence-electron chi connectivity index (χ4n) is 1.52. The van der Waals surface area contributed by atoms with Gasteiger partial charge in [-0.1, -0.05) is 13.8 Å². The van der Waals surface area contributed by atoms with Crippen LogP contribution in [0.4, 0.5) is 0 Å². The zero-order valence-corrected chi connectivity index (χ0v) is 10.9. The number of nitrogens with zero attached hydrogens (tertiary/aromatic N) is 1. The molecule has 1 heterocycles. The SMILES string of the molecule is CC(C)NCc1cccn1CCOC(C)C. The van der Waals surface area contributed by atoms with Gasteiger partial charge in [0.05, 0.1) is 12.7 Å². The molecule has 1 aromatic rings. The standard InChI is InChI=1S/C13H24N2O/c1-11(2)14-10-13-6-5-7-15(13)8-9-16-12(3)4/h5-7,11-12,14H,8-10H2,1-4H3. The average Bonchev–Trinajstić information content (AvgIpc) is 2.62. The molecule has 0 bridgehead atoms. The van der Waals surface area contributed by atoms with Crippen molar-refractivity contribution in [3.05, 3.63) is 24.0 Å². The topological polar surface area (TPSA) is 26.2 Å². The van der Waals surface area contributed by atoms with Crippen molar-refractivity contribution in [3.63, 3.8) is 0 Å². The van der Waals surface area contributed by atoms with Gasteiger partial charge in [0, 0.05) is 31.0 Å². The molecular formula is C13H24N2O. The van der Waals surface area contributed by atoms with E-state index >= 15 is 0 Å². The van der Waals surface area contributed by atoms with E-state index in [9.17, 15) is 0 Å². The van der Waals surface area contributed by atoms with Crippen LogP contribution in [0.5, 0.6) is 0 Å². The third-order valence-corrected chi connectivity index (χ3v) is 2.40. The van der Waals surface area contributed by atoms with Crippen molar-refractivity contribution < 1.29 is 4.74 Å². The molecule has 0 aromatic carbocycles. The van der Waals surface area contributed by atoms with Crippen molar-refractivity contribution in [2.24, 2.45) is 0 Å². The van der Waals surface area contributed by atoms with E-state index in [0.717, 1.165) is 19.7 Å². The lowest BCUT2D eigenvalue weighted by Gasteiger charge is -2.13. The molecule has 16 heavy (non-hydrogen) atoms. The highest BCUT2D eigenvalue weighted by Crippen LogP contribution is 2.03. The minimum absolute atomic E-state index is 0.313. The predicted octanol–water partition coefficient (Wildman–Crippen LogP) is 2.41. The van der Waals surface area contributed by atoms with E-state index in [1.54, 1.807) is 0 Å². The molecular weight excluding hydrogens is 200 g/mol. The Hall–Kier alpha value is -0.800. The maximum atomic E-state index is 5.55. The van der Waals surface area contributed by atoms with Gasteiger partial charge >= 0.3 is 0 Å². The van der Waals surface area contributed by atoms with Gasteiger partial charge in [0.25, 0.3) is 0 Å². The first-order chi connectivity index (χ1) is 7.59. The minimum atomic E-state index is 0.313. The molecule has 1 rings (SSSR count). The van der Waals surface area contributed by atoms with Gasteiger partial charge in [-0.2, -0.15) is 0 Å². The van der Waals surface area contributed by atoms with Gasteiger partial charge in [-0.25, -0.2) is 0 Å². The molecule has 0 spiro atoms. The molecule has 0 atom stereocenters. The molecule has 1 aromatic heterocycles. The van der Waals surface area contributed by atoms with Crippen molar-refractivity contribution in [1.29, 1.82) is 0 Å². The Morgan fingerprint density at radius 3 is 2.69 bits per heavy atom. The summed E-state index contributed by atoms with van der Waals surface area (Å²) in [6.07, 6.45) is 2.42. The van der Waals surface area contributed by atoms with E-state index < -0.39 is 0 Å². The molecule has 92 valence electrons. The van der Waals surface area contributed by atoms with Gasteiger partial charge in [-0.15, -0.1) is 0 Å². The smallest absolute Gasteiger partial charge is 0.0649 e. The summed E-state index contributed by atoms with van der Waals surface area (Å²) in [4.78, 5) is 0. The van der Waals surface area contributed by atoms with Crippen LogP contribution in [0.3, 0.4) is 0 Å². The molecule has 0 amide bonds. The Balaban J connectivity index is 2.38. The quantitative estimate of drug-likeness (QED) is 0.769. The Labute approximate surface area is 98.8 Å². The van der Waals surface area contributed by atoms with E-state index in [-0.39, 0.29) is 0 Å². The molecule has 0 unspecified atom stereocenters. The third-order valence-electron chi connectivity index (χ3n) is 2.40. The summed E-state index contributed by atoms with van der Waals surface area (Å²) in [6, 6.07) is 4.77. The molecule has 0 saturated heterocycles. The van der Waals surface area contributed by atoms with Crippen LogP contribution in [0.15, 0.2) is 18.3 Å². The summed E-state index contributed by atoms with van der Waals surface area (Å²) in [5.41, 5.74) is 1.32. The zero-order chi connectivity index (χ0) is 12.0. The summed E-state index contributed by atoms with van der Waals surface area (Å²) in [7, 11) is 0. The second-order valence-corrected chi connectivity index (χ2v) is 4.65. The van der Waals surface area contributed by atoms with E-state index in [1.807, 2.05) is 0 Å². The lowest BCUT2D eigenvalue weighted by Crippen LogP contribution is -2.24. The second-order valence-electron chi connectivity index (χ2n) is 4.65. The number of ether oxygens (including phenoxy) is 1. The summed E-state index contributed by atoms with van der Waals surface area (Å²) in [6.45, 7) is 11.1. The lowest BCUT2D eigenvalue weighted by atomic mass is 10.3. The van der Waals surface area contributed by atoms with E-state index in [0.29, 0.717) is 12.1 Å². The van der Waals surface area contributed by atoms with Crippen molar-refractivity contribution in [2.75, 3.05) is 6.61 Å². The molecule has 0 radical (unpaired) electrons. The fraction of sp³-hybridized carbons (Fsp3) is 0.692. The van der Waals surface area contributed by atoms with Gasteiger partial charge in [-0.05, 0) is 26.0 Å². The molecule has 0 aliphatic heterocycles. The normalized spacial score (nSPS) is 11.6. The van der Waals surface area contributed by atoms with Gasteiger partial charge in [-0.3, -0.25) is 0 Å². The fourth-order valence-corrected chi connectivity index (χ4v) is 1.52. The van der Waals surface area contributed by atoms with Gasteiger partial charge in [0.15, 0.2) is 0 Å². The molecule has 1 N–H and O–H groups in total. The highest BCUT2D eigenvalue weighted by Gasteiger charge is 2.02. The zero-order valence-electron chi connectivity index (χ0n) is 10.9. The molecule has 0 fully saturated rings. The number of nitrogens with one attached hydrogen (secondary N) is 1. The Kier molecular flexibility index (Phi) is 5.56. The van der Waals surface area contributed by atoms with E-state index in [4.69, 9.17) is 4.74 Å². The summed E-state index contributed by atoms with van der Waals surface area (Å²) in [5.74, 6) is 0. The monoisotopic (exact) mass is 224 g/mol. The average molecular weight is 224 g/mol. The highest BCUT2D eigenvalue weighted by atomic mass is 16.5. The van der Waals surface area contributed by atoms with Crippen LogP contribution < -0.4 is 5.32 Å². The van der Waals surface area contributed by atoms with Gasteiger partial charge in [0.2, 0.25) is 0 Å². The maximum absolute atomic E-state index is 5.55. The van der Waals surface area contributed by atoms with E-state index in [1.165, 1.54) is 5.69 Å². The lowest BCUT2D eigenvalue weighted by molar-refractivity contribution is 0.0724. The van der Waals surface area contributed by atoms with Crippen molar-refractivity contribution in [1.82, 2.24) is 9.88 Å². The van der Waals surface area contributed by atoms with Crippen molar-refractivity contribution >= 4 is 0 Å². The second kappa shape index (κ2) is 6.71. The van der Waals surface area contributed by atoms with Crippen LogP contribution in [-0.4, -0.2) is 23.3 Å². The number of aromatic nitrogens is 1. The molecule has 3 nitrogen and oxygen atoms in total. The third kappa shape index (κ3) is 4.81. The summed E-state index contributed by atoms with van der Waals surface area (Å²) in [5, 5.41) is 3.43. The number of hydrogen-bond donors (Lipinski definition) is 1. The van der Waals surface area contributed by atoms with E-state index in [2.05, 4.69) is 55.9 Å². The van der Waals surface area contributed by atoms with Crippen LogP contribution in [0.25, 0.3) is 0 Å². The maximum Gasteiger partial charge on any atom is 0.0649 e. The Morgan fingerprint density at radius 2 is 2.06 bits per heavy atom. The number of hydrogen-bond acceptors (Lipinski definition) is 2. The Morgan fingerprint density at radius 1 is 1.31 bits per heavy atom. The van der Waals surface area contributed by atoms with Crippen LogP contribution in [-0.2, 0) is 17.8 Å². The molecule has 0 aliphatic carbocycles. The van der Waals surface area contributed by atoms with Crippen LogP contribution in [0.1, 0.15) is 33.4 Å². The number of rotatable bonds is 7. The Bertz CT molecular complexity index is 292. The minimum Gasteiger partial charge on any atom is -0.377 e. The van der Waals surface area contributed by atoms with Crippen molar-refractivity contribution in [2.45, 2.75) is 52.9 Å². The van der Waals surface area contributed by atoms with Gasteiger partial charge < -0.3 is 14.6 Å². The summed E-state index contributed by atoms with van der Waals surface area (Å²) >= 11 is 0. The highest BCUT2D eigenvalue weighted by molar-refractivity contribution is 5.06. The van der Waals surface area contributed by atoms with Crippen LogP contribution in [0.2, 0.25) is 0 Å². The first kappa shape index (κ1) is 13.3. The van der Waals surface area contributed by atoms with Gasteiger partial charge in [0.1, 0.15) is 0 Å². The first-order valence-electron chi connectivity index (χ1n) is 6.08. The van der Waals surface area contributed by atoms with Crippen LogP contribution in [0, 0.1) is 0 Å². The predicted molar refractivity (Wildman–Crippen MR) is 67.5 cm³/mol. The molecule has 3 heteroatoms. The molecule has 0 aliphatic rings.